The summed E-state index contributed by atoms with van der Waals surface area (Å²) in [5.41, 5.74) is 0.723. The monoisotopic (exact) mass is 407 g/mol. The van der Waals surface area contributed by atoms with E-state index in [1.807, 2.05) is 6.07 Å². The third-order valence-corrected chi connectivity index (χ3v) is 5.09. The van der Waals surface area contributed by atoms with E-state index in [1.54, 1.807) is 52.2 Å². The van der Waals surface area contributed by atoms with Crippen LogP contribution in [0.2, 0.25) is 0 Å². The minimum absolute atomic E-state index is 0.0941. The molecule has 0 bridgehead atoms. The molecule has 0 fully saturated rings. The summed E-state index contributed by atoms with van der Waals surface area (Å²) < 4.78 is 10.4. The first-order chi connectivity index (χ1) is 13.2. The van der Waals surface area contributed by atoms with Crippen LogP contribution in [-0.4, -0.2) is 61.9 Å². The Labute approximate surface area is 168 Å². The molecule has 2 aromatic rings. The van der Waals surface area contributed by atoms with E-state index in [2.05, 4.69) is 5.32 Å². The normalized spacial score (nSPS) is 10.8. The summed E-state index contributed by atoms with van der Waals surface area (Å²) in [5, 5.41) is 3.07. The number of hydrogen-bond donors (Lipinski definition) is 1. The number of nitrogens with one attached hydrogen (secondary N) is 1. The molecule has 0 saturated carbocycles. The number of carbonyl (C=O) groups is 3. The number of likely N-dealkylation sites (N-methyl/N-ethyl adjacent to an activating group) is 1. The van der Waals surface area contributed by atoms with Gasteiger partial charge in [-0.3, -0.25) is 14.5 Å². The highest BCUT2D eigenvalue weighted by atomic mass is 32.1. The molecule has 0 spiro atoms. The summed E-state index contributed by atoms with van der Waals surface area (Å²) in [6, 6.07) is 3.61. The van der Waals surface area contributed by atoms with Crippen LogP contribution in [0.1, 0.15) is 38.3 Å². The Balaban J connectivity index is 2.20. The molecular formula is C19H25N3O5S. The van der Waals surface area contributed by atoms with E-state index in [1.165, 1.54) is 4.90 Å². The lowest BCUT2D eigenvalue weighted by atomic mass is 10.1. The standard InChI is InChI=1S/C19H25N3O5S/c1-6-26-19(25)15-12(2)16(18(24)21(3)4)28-17(15)20-14(23)11-22(5)10-13-8-7-9-27-13/h7-9H,6,10-11H2,1-5H3,(H,20,23). The number of ether oxygens (including phenoxy) is 1. The van der Waals surface area contributed by atoms with Crippen molar-refractivity contribution in [2.24, 2.45) is 0 Å². The molecule has 0 aliphatic rings. The van der Waals surface area contributed by atoms with Crippen molar-refractivity contribution in [2.75, 3.05) is 39.6 Å². The maximum atomic E-state index is 12.5. The topological polar surface area (TPSA) is 92.1 Å². The summed E-state index contributed by atoms with van der Waals surface area (Å²) in [5.74, 6) is -0.352. The summed E-state index contributed by atoms with van der Waals surface area (Å²) >= 11 is 1.08. The Morgan fingerprint density at radius 2 is 1.96 bits per heavy atom. The number of rotatable bonds is 8. The first kappa shape index (κ1) is 21.6. The average molecular weight is 407 g/mol. The predicted molar refractivity (Wildman–Crippen MR) is 107 cm³/mol. The van der Waals surface area contributed by atoms with E-state index in [4.69, 9.17) is 9.15 Å². The zero-order chi connectivity index (χ0) is 20.8. The second-order valence-corrected chi connectivity index (χ2v) is 7.50. The number of nitrogens with zero attached hydrogens (tertiary/aromatic N) is 2. The number of anilines is 1. The van der Waals surface area contributed by atoms with Crippen LogP contribution >= 0.6 is 11.3 Å². The van der Waals surface area contributed by atoms with Crippen molar-refractivity contribution in [3.8, 4) is 0 Å². The van der Waals surface area contributed by atoms with Crippen molar-refractivity contribution in [2.45, 2.75) is 20.4 Å². The van der Waals surface area contributed by atoms with E-state index in [0.717, 1.165) is 17.1 Å². The van der Waals surface area contributed by atoms with Crippen molar-refractivity contribution < 1.29 is 23.5 Å². The van der Waals surface area contributed by atoms with Gasteiger partial charge in [-0.25, -0.2) is 4.79 Å². The number of amides is 2. The molecule has 0 atom stereocenters. The molecule has 2 rings (SSSR count). The quantitative estimate of drug-likeness (QED) is 0.676. The number of carbonyl (C=O) groups excluding carboxylic acids is 3. The van der Waals surface area contributed by atoms with Crippen LogP contribution in [0.3, 0.4) is 0 Å². The van der Waals surface area contributed by atoms with Gasteiger partial charge in [-0.05, 0) is 38.6 Å². The van der Waals surface area contributed by atoms with E-state index in [9.17, 15) is 14.4 Å². The molecule has 0 aliphatic heterocycles. The van der Waals surface area contributed by atoms with Gasteiger partial charge in [-0.1, -0.05) is 0 Å². The van der Waals surface area contributed by atoms with Crippen LogP contribution in [-0.2, 0) is 16.1 Å². The fraction of sp³-hybridized carbons (Fsp3) is 0.421. The van der Waals surface area contributed by atoms with Crippen LogP contribution in [0, 0.1) is 6.92 Å². The highest BCUT2D eigenvalue weighted by Crippen LogP contribution is 2.34. The minimum atomic E-state index is -0.562. The summed E-state index contributed by atoms with van der Waals surface area (Å²) in [4.78, 5) is 40.9. The molecule has 0 saturated heterocycles. The van der Waals surface area contributed by atoms with E-state index in [0.29, 0.717) is 22.0 Å². The largest absolute Gasteiger partial charge is 0.468 e. The molecule has 8 nitrogen and oxygen atoms in total. The molecule has 28 heavy (non-hydrogen) atoms. The van der Waals surface area contributed by atoms with Crippen LogP contribution in [0.5, 0.6) is 0 Å². The van der Waals surface area contributed by atoms with Gasteiger partial charge >= 0.3 is 5.97 Å². The molecule has 0 aromatic carbocycles. The molecule has 2 aromatic heterocycles. The lowest BCUT2D eigenvalue weighted by molar-refractivity contribution is -0.117. The molecule has 2 heterocycles. The van der Waals surface area contributed by atoms with E-state index < -0.39 is 5.97 Å². The highest BCUT2D eigenvalue weighted by molar-refractivity contribution is 7.18. The van der Waals surface area contributed by atoms with Gasteiger partial charge in [-0.2, -0.15) is 0 Å². The Bertz CT molecular complexity index is 842. The molecule has 2 amide bonds. The molecule has 0 aliphatic carbocycles. The van der Waals surface area contributed by atoms with Crippen molar-refractivity contribution in [1.82, 2.24) is 9.80 Å². The lowest BCUT2D eigenvalue weighted by Crippen LogP contribution is -2.30. The lowest BCUT2D eigenvalue weighted by Gasteiger charge is -2.14. The van der Waals surface area contributed by atoms with Gasteiger partial charge in [0.25, 0.3) is 5.91 Å². The Morgan fingerprint density at radius 1 is 1.25 bits per heavy atom. The fourth-order valence-electron chi connectivity index (χ4n) is 2.59. The Morgan fingerprint density at radius 3 is 2.54 bits per heavy atom. The third kappa shape index (κ3) is 5.20. The van der Waals surface area contributed by atoms with Crippen LogP contribution < -0.4 is 5.32 Å². The van der Waals surface area contributed by atoms with Gasteiger partial charge in [0.2, 0.25) is 5.91 Å². The second-order valence-electron chi connectivity index (χ2n) is 6.48. The third-order valence-electron chi connectivity index (χ3n) is 3.90. The molecule has 1 N–H and O–H groups in total. The smallest absolute Gasteiger partial charge is 0.341 e. The van der Waals surface area contributed by atoms with Crippen LogP contribution in [0.15, 0.2) is 22.8 Å². The summed E-state index contributed by atoms with van der Waals surface area (Å²) in [6.45, 7) is 4.14. The maximum absolute atomic E-state index is 12.5. The summed E-state index contributed by atoms with van der Waals surface area (Å²) in [7, 11) is 5.05. The number of esters is 1. The van der Waals surface area contributed by atoms with E-state index in [-0.39, 0.29) is 30.5 Å². The van der Waals surface area contributed by atoms with Gasteiger partial charge in [-0.15, -0.1) is 11.3 Å². The number of thiophene rings is 1. The molecule has 152 valence electrons. The number of furan rings is 1. The highest BCUT2D eigenvalue weighted by Gasteiger charge is 2.27. The summed E-state index contributed by atoms with van der Waals surface area (Å²) in [6.07, 6.45) is 1.58. The van der Waals surface area contributed by atoms with Crippen molar-refractivity contribution in [3.05, 3.63) is 40.2 Å². The molecule has 0 unspecified atom stereocenters. The zero-order valence-corrected chi connectivity index (χ0v) is 17.5. The van der Waals surface area contributed by atoms with Gasteiger partial charge < -0.3 is 19.4 Å². The Kier molecular flexibility index (Phi) is 7.36. The van der Waals surface area contributed by atoms with Gasteiger partial charge in [0.05, 0.1) is 36.4 Å². The second kappa shape index (κ2) is 9.52. The predicted octanol–water partition coefficient (Wildman–Crippen LogP) is 2.60. The first-order valence-corrected chi connectivity index (χ1v) is 9.59. The first-order valence-electron chi connectivity index (χ1n) is 8.77. The van der Waals surface area contributed by atoms with Crippen molar-refractivity contribution >= 4 is 34.1 Å². The van der Waals surface area contributed by atoms with Crippen molar-refractivity contribution in [1.29, 1.82) is 0 Å². The Hall–Kier alpha value is -2.65. The van der Waals surface area contributed by atoms with Crippen LogP contribution in [0.25, 0.3) is 0 Å². The molecular weight excluding hydrogens is 382 g/mol. The van der Waals surface area contributed by atoms with Crippen LogP contribution in [0.4, 0.5) is 5.00 Å². The van der Waals surface area contributed by atoms with E-state index >= 15 is 0 Å². The SMILES string of the molecule is CCOC(=O)c1c(NC(=O)CN(C)Cc2ccco2)sc(C(=O)N(C)C)c1C. The number of hydrogen-bond acceptors (Lipinski definition) is 7. The maximum Gasteiger partial charge on any atom is 0.341 e. The molecule has 9 heteroatoms. The zero-order valence-electron chi connectivity index (χ0n) is 16.7. The van der Waals surface area contributed by atoms with Gasteiger partial charge in [0.1, 0.15) is 10.8 Å². The van der Waals surface area contributed by atoms with Crippen molar-refractivity contribution in [3.63, 3.8) is 0 Å². The van der Waals surface area contributed by atoms with Gasteiger partial charge in [0.15, 0.2) is 0 Å². The minimum Gasteiger partial charge on any atom is -0.468 e. The fourth-order valence-corrected chi connectivity index (χ4v) is 3.83. The van der Waals surface area contributed by atoms with Gasteiger partial charge in [0, 0.05) is 14.1 Å². The molecule has 0 radical (unpaired) electrons. The average Bonchev–Trinajstić information content (AvgIpc) is 3.21.